The molecule has 0 spiro atoms. The molecule has 1 aliphatic heterocycles. The van der Waals surface area contributed by atoms with Crippen molar-refractivity contribution < 1.29 is 26.2 Å². The standard InChI is InChI=1S/C24H51N2O.BrH/c1-4-5-6-7-8-9-10-11-12-13-14-15-16-17-22-27-23-24(2)26(3)20-18-25-19-21-26;/h24-25H,4-23H2,1-3H3;1H/q+1;/p-1. The summed E-state index contributed by atoms with van der Waals surface area (Å²) < 4.78 is 7.16. The average molecular weight is 464 g/mol. The Bertz CT molecular complexity index is 322. The lowest BCUT2D eigenvalue weighted by Crippen LogP contribution is -3.00. The number of rotatable bonds is 18. The van der Waals surface area contributed by atoms with E-state index in [-0.39, 0.29) is 17.0 Å². The Morgan fingerprint density at radius 2 is 1.18 bits per heavy atom. The summed E-state index contributed by atoms with van der Waals surface area (Å²) in [5.74, 6) is 0. The predicted molar refractivity (Wildman–Crippen MR) is 119 cm³/mol. The van der Waals surface area contributed by atoms with Gasteiger partial charge in [-0.05, 0) is 13.3 Å². The number of likely N-dealkylation sites (N-methyl/N-ethyl adjacent to an activating group) is 1. The molecule has 0 aromatic rings. The van der Waals surface area contributed by atoms with Gasteiger partial charge in [0.05, 0.1) is 26.7 Å². The molecule has 0 bridgehead atoms. The largest absolute Gasteiger partial charge is 1.00 e. The number of hydrogen-bond acceptors (Lipinski definition) is 2. The topological polar surface area (TPSA) is 21.3 Å². The van der Waals surface area contributed by atoms with Crippen molar-refractivity contribution in [1.82, 2.24) is 5.32 Å². The quantitative estimate of drug-likeness (QED) is 0.249. The lowest BCUT2D eigenvalue weighted by atomic mass is 10.0. The van der Waals surface area contributed by atoms with Gasteiger partial charge in [0.1, 0.15) is 6.04 Å². The molecule has 4 heteroatoms. The van der Waals surface area contributed by atoms with Crippen molar-refractivity contribution in [2.75, 3.05) is 46.4 Å². The number of unbranched alkanes of at least 4 members (excludes halogenated alkanes) is 13. The number of halogens is 1. The van der Waals surface area contributed by atoms with Crippen LogP contribution in [0, 0.1) is 0 Å². The summed E-state index contributed by atoms with van der Waals surface area (Å²) in [4.78, 5) is 0. The number of hydrogen-bond donors (Lipinski definition) is 1. The minimum absolute atomic E-state index is 0. The summed E-state index contributed by atoms with van der Waals surface area (Å²) in [7, 11) is 2.39. The molecule has 0 aromatic carbocycles. The van der Waals surface area contributed by atoms with E-state index >= 15 is 0 Å². The normalized spacial score (nSPS) is 17.2. The zero-order valence-corrected chi connectivity index (χ0v) is 21.0. The van der Waals surface area contributed by atoms with E-state index in [0.29, 0.717) is 6.04 Å². The van der Waals surface area contributed by atoms with Crippen molar-refractivity contribution in [3.05, 3.63) is 0 Å². The first-order valence-electron chi connectivity index (χ1n) is 12.3. The molecule has 1 aliphatic rings. The third-order valence-electron chi connectivity index (χ3n) is 6.66. The summed E-state index contributed by atoms with van der Waals surface area (Å²) in [6.45, 7) is 11.3. The van der Waals surface area contributed by atoms with Crippen LogP contribution in [-0.4, -0.2) is 57.0 Å². The third kappa shape index (κ3) is 14.4. The molecule has 1 heterocycles. The fourth-order valence-corrected chi connectivity index (χ4v) is 4.18. The highest BCUT2D eigenvalue weighted by atomic mass is 79.9. The SMILES string of the molecule is CCCCCCCCCCCCCCCCOCC(C)[N+]1(C)CCNCC1.[Br-]. The predicted octanol–water partition coefficient (Wildman–Crippen LogP) is 2.93. The fourth-order valence-electron chi connectivity index (χ4n) is 4.18. The van der Waals surface area contributed by atoms with Crippen molar-refractivity contribution in [3.63, 3.8) is 0 Å². The lowest BCUT2D eigenvalue weighted by molar-refractivity contribution is -0.933. The summed E-state index contributed by atoms with van der Waals surface area (Å²) >= 11 is 0. The van der Waals surface area contributed by atoms with Crippen LogP contribution in [0.5, 0.6) is 0 Å². The van der Waals surface area contributed by atoms with E-state index in [0.717, 1.165) is 26.3 Å². The van der Waals surface area contributed by atoms with E-state index in [1.54, 1.807) is 0 Å². The van der Waals surface area contributed by atoms with Gasteiger partial charge in [0.25, 0.3) is 0 Å². The van der Waals surface area contributed by atoms with Gasteiger partial charge < -0.3 is 31.5 Å². The summed E-state index contributed by atoms with van der Waals surface area (Å²) in [5.41, 5.74) is 0. The molecular formula is C24H51BrN2O. The first kappa shape index (κ1) is 28.4. The van der Waals surface area contributed by atoms with Gasteiger partial charge in [0, 0.05) is 19.7 Å². The maximum atomic E-state index is 5.98. The number of piperazine rings is 1. The van der Waals surface area contributed by atoms with E-state index in [2.05, 4.69) is 26.2 Å². The molecule has 1 fully saturated rings. The van der Waals surface area contributed by atoms with Gasteiger partial charge in [-0.1, -0.05) is 90.4 Å². The van der Waals surface area contributed by atoms with E-state index < -0.39 is 0 Å². The molecule has 0 saturated carbocycles. The van der Waals surface area contributed by atoms with E-state index in [1.807, 2.05) is 0 Å². The molecule has 0 aliphatic carbocycles. The first-order valence-corrected chi connectivity index (χ1v) is 12.3. The highest BCUT2D eigenvalue weighted by Crippen LogP contribution is 2.14. The zero-order valence-electron chi connectivity index (χ0n) is 19.5. The maximum Gasteiger partial charge on any atom is 0.110 e. The van der Waals surface area contributed by atoms with Crippen molar-refractivity contribution in [2.24, 2.45) is 0 Å². The molecule has 0 aromatic heterocycles. The molecule has 1 unspecified atom stereocenters. The molecule has 0 radical (unpaired) electrons. The summed E-state index contributed by atoms with van der Waals surface area (Å²) in [6, 6.07) is 0.624. The van der Waals surface area contributed by atoms with Crippen LogP contribution in [-0.2, 0) is 4.74 Å². The monoisotopic (exact) mass is 462 g/mol. The van der Waals surface area contributed by atoms with Crippen LogP contribution in [0.1, 0.15) is 104 Å². The van der Waals surface area contributed by atoms with Gasteiger partial charge in [0.15, 0.2) is 0 Å². The van der Waals surface area contributed by atoms with Crippen LogP contribution in [0.2, 0.25) is 0 Å². The van der Waals surface area contributed by atoms with Crippen molar-refractivity contribution in [1.29, 1.82) is 0 Å². The lowest BCUT2D eigenvalue weighted by Gasteiger charge is -2.42. The second-order valence-corrected chi connectivity index (χ2v) is 9.20. The van der Waals surface area contributed by atoms with Crippen LogP contribution in [0.25, 0.3) is 0 Å². The second kappa shape index (κ2) is 19.3. The minimum atomic E-state index is 0. The van der Waals surface area contributed by atoms with Crippen LogP contribution < -0.4 is 22.3 Å². The average Bonchev–Trinajstić information content (AvgIpc) is 2.68. The second-order valence-electron chi connectivity index (χ2n) is 9.20. The van der Waals surface area contributed by atoms with Gasteiger partial charge >= 0.3 is 0 Å². The van der Waals surface area contributed by atoms with Gasteiger partial charge in [-0.3, -0.25) is 0 Å². The highest BCUT2D eigenvalue weighted by molar-refractivity contribution is 4.60. The Morgan fingerprint density at radius 1 is 0.750 bits per heavy atom. The third-order valence-corrected chi connectivity index (χ3v) is 6.66. The van der Waals surface area contributed by atoms with Crippen LogP contribution in [0.4, 0.5) is 0 Å². The van der Waals surface area contributed by atoms with E-state index in [9.17, 15) is 0 Å². The van der Waals surface area contributed by atoms with Crippen molar-refractivity contribution in [2.45, 2.75) is 110 Å². The van der Waals surface area contributed by atoms with Gasteiger partial charge in [0.2, 0.25) is 0 Å². The van der Waals surface area contributed by atoms with Gasteiger partial charge in [-0.25, -0.2) is 0 Å². The molecule has 28 heavy (non-hydrogen) atoms. The van der Waals surface area contributed by atoms with Crippen molar-refractivity contribution in [3.8, 4) is 0 Å². The van der Waals surface area contributed by atoms with Gasteiger partial charge in [-0.2, -0.15) is 0 Å². The van der Waals surface area contributed by atoms with Crippen molar-refractivity contribution >= 4 is 0 Å². The Hall–Kier alpha value is 0.360. The van der Waals surface area contributed by atoms with Crippen LogP contribution >= 0.6 is 0 Å². The summed E-state index contributed by atoms with van der Waals surface area (Å²) in [6.07, 6.45) is 19.9. The molecule has 1 atom stereocenters. The Labute approximate surface area is 187 Å². The molecule has 3 nitrogen and oxygen atoms in total. The molecule has 1 saturated heterocycles. The first-order chi connectivity index (χ1) is 13.2. The number of nitrogens with one attached hydrogen (secondary N) is 1. The van der Waals surface area contributed by atoms with E-state index in [4.69, 9.17) is 4.74 Å². The minimum Gasteiger partial charge on any atom is -1.00 e. The molecule has 0 amide bonds. The summed E-state index contributed by atoms with van der Waals surface area (Å²) in [5, 5.41) is 3.46. The fraction of sp³-hybridized carbons (Fsp3) is 1.00. The number of quaternary nitrogens is 1. The number of ether oxygens (including phenoxy) is 1. The van der Waals surface area contributed by atoms with Crippen LogP contribution in [0.3, 0.4) is 0 Å². The Morgan fingerprint density at radius 3 is 1.64 bits per heavy atom. The highest BCUT2D eigenvalue weighted by Gasteiger charge is 2.30. The number of nitrogens with zero attached hydrogens (tertiary/aromatic N) is 1. The smallest absolute Gasteiger partial charge is 0.110 e. The Kier molecular flexibility index (Phi) is 19.6. The van der Waals surface area contributed by atoms with Gasteiger partial charge in [-0.15, -0.1) is 0 Å². The molecular weight excluding hydrogens is 412 g/mol. The van der Waals surface area contributed by atoms with E-state index in [1.165, 1.54) is 107 Å². The molecule has 1 N–H and O–H groups in total. The molecule has 1 rings (SSSR count). The Balaban J connectivity index is 0.00000729. The molecule has 170 valence electrons. The maximum absolute atomic E-state index is 5.98. The zero-order chi connectivity index (χ0) is 19.6. The van der Waals surface area contributed by atoms with Crippen LogP contribution in [0.15, 0.2) is 0 Å².